The van der Waals surface area contributed by atoms with Gasteiger partial charge in [-0.15, -0.1) is 0 Å². The fourth-order valence-corrected chi connectivity index (χ4v) is 4.92. The van der Waals surface area contributed by atoms with E-state index < -0.39 is 15.7 Å². The molecule has 2 N–H and O–H groups in total. The van der Waals surface area contributed by atoms with Crippen molar-refractivity contribution < 1.29 is 17.6 Å². The van der Waals surface area contributed by atoms with E-state index in [1.165, 1.54) is 6.08 Å². The number of rotatable bonds is 2. The molecule has 0 bridgehead atoms. The highest BCUT2D eigenvalue weighted by Crippen LogP contribution is 2.34. The first-order chi connectivity index (χ1) is 12.5. The van der Waals surface area contributed by atoms with Gasteiger partial charge in [-0.25, -0.2) is 8.42 Å². The van der Waals surface area contributed by atoms with Crippen LogP contribution in [0.1, 0.15) is 18.4 Å². The number of para-hydroxylation sites is 1. The third-order valence-electron chi connectivity index (χ3n) is 4.77. The Morgan fingerprint density at radius 2 is 1.96 bits per heavy atom. The lowest BCUT2D eigenvalue weighted by Gasteiger charge is -2.45. The summed E-state index contributed by atoms with van der Waals surface area (Å²) in [6, 6.07) is 8.62. The zero-order valence-corrected chi connectivity index (χ0v) is 14.8. The summed E-state index contributed by atoms with van der Waals surface area (Å²) < 4.78 is 32.8. The monoisotopic (exact) mass is 373 g/mol. The molecule has 0 radical (unpaired) electrons. The number of hydrogen-bond donors (Lipinski definition) is 2. The number of nitrogens with zero attached hydrogens (tertiary/aromatic N) is 1. The van der Waals surface area contributed by atoms with Crippen LogP contribution in [-0.2, 0) is 14.8 Å². The van der Waals surface area contributed by atoms with Crippen LogP contribution in [-0.4, -0.2) is 38.0 Å². The van der Waals surface area contributed by atoms with Gasteiger partial charge in [-0.3, -0.25) is 4.79 Å². The smallest absolute Gasteiger partial charge is 0.246 e. The largest absolute Gasteiger partial charge is 0.472 e. The number of amides is 1. The quantitative estimate of drug-likeness (QED) is 0.786. The van der Waals surface area contributed by atoms with Gasteiger partial charge in [0.2, 0.25) is 15.9 Å². The fourth-order valence-electron chi connectivity index (χ4n) is 3.38. The van der Waals surface area contributed by atoms with Crippen LogP contribution in [0, 0.1) is 0 Å². The number of furan rings is 1. The normalized spacial score (nSPS) is 20.7. The number of likely N-dealkylation sites (tertiary alicyclic amines) is 1. The van der Waals surface area contributed by atoms with E-state index in [9.17, 15) is 13.2 Å². The van der Waals surface area contributed by atoms with Crippen LogP contribution < -0.4 is 10.0 Å². The number of sulfonamides is 1. The molecule has 3 heterocycles. The molecule has 1 saturated heterocycles. The molecule has 1 fully saturated rings. The average Bonchev–Trinajstić information content (AvgIpc) is 3.13. The summed E-state index contributed by atoms with van der Waals surface area (Å²) in [4.78, 5) is 14.3. The molecule has 1 spiro atoms. The number of carbonyl (C=O) groups is 1. The highest BCUT2D eigenvalue weighted by molar-refractivity contribution is 7.89. The second-order valence-electron chi connectivity index (χ2n) is 6.52. The topological polar surface area (TPSA) is 91.7 Å². The molecular formula is C18H19N3O4S. The van der Waals surface area contributed by atoms with Gasteiger partial charge < -0.3 is 14.6 Å². The molecule has 7 nitrogen and oxygen atoms in total. The van der Waals surface area contributed by atoms with Crippen molar-refractivity contribution in [2.24, 2.45) is 0 Å². The molecule has 8 heteroatoms. The van der Waals surface area contributed by atoms with E-state index in [0.717, 1.165) is 5.56 Å². The van der Waals surface area contributed by atoms with Crippen molar-refractivity contribution in [1.29, 1.82) is 0 Å². The van der Waals surface area contributed by atoms with E-state index >= 15 is 0 Å². The summed E-state index contributed by atoms with van der Waals surface area (Å²) in [7, 11) is -3.57. The first-order valence-corrected chi connectivity index (χ1v) is 9.86. The summed E-state index contributed by atoms with van der Waals surface area (Å²) in [5.41, 5.74) is 0.675. The molecule has 0 saturated carbocycles. The Balaban J connectivity index is 1.46. The van der Waals surface area contributed by atoms with Crippen LogP contribution in [0.3, 0.4) is 0 Å². The van der Waals surface area contributed by atoms with Crippen molar-refractivity contribution in [1.82, 2.24) is 9.62 Å². The maximum atomic E-state index is 12.5. The summed E-state index contributed by atoms with van der Waals surface area (Å²) in [6.07, 6.45) is 7.31. The van der Waals surface area contributed by atoms with Gasteiger partial charge in [0.25, 0.3) is 0 Å². The lowest BCUT2D eigenvalue weighted by atomic mass is 9.97. The lowest BCUT2D eigenvalue weighted by molar-refractivity contribution is -0.127. The molecule has 1 amide bonds. The SMILES string of the molecule is O=C(/C=C/c1ccoc1)N1CCC2(CC1)Nc1ccccc1S(=O)(=O)N2. The zero-order chi connectivity index (χ0) is 18.2. The Bertz CT molecular complexity index is 943. The predicted molar refractivity (Wildman–Crippen MR) is 96.7 cm³/mol. The van der Waals surface area contributed by atoms with Gasteiger partial charge in [-0.2, -0.15) is 4.72 Å². The van der Waals surface area contributed by atoms with Crippen LogP contribution in [0.5, 0.6) is 0 Å². The summed E-state index contributed by atoms with van der Waals surface area (Å²) in [5.74, 6) is -0.0971. The van der Waals surface area contributed by atoms with Crippen molar-refractivity contribution in [3.8, 4) is 0 Å². The average molecular weight is 373 g/mol. The number of fused-ring (bicyclic) bond motifs is 1. The van der Waals surface area contributed by atoms with Gasteiger partial charge in [0.05, 0.1) is 18.2 Å². The number of benzene rings is 1. The van der Waals surface area contributed by atoms with Crippen molar-refractivity contribution in [2.45, 2.75) is 23.4 Å². The van der Waals surface area contributed by atoms with Crippen LogP contribution in [0.15, 0.2) is 58.2 Å². The molecule has 2 aliphatic rings. The first-order valence-electron chi connectivity index (χ1n) is 8.38. The van der Waals surface area contributed by atoms with Crippen molar-refractivity contribution >= 4 is 27.7 Å². The van der Waals surface area contributed by atoms with Crippen LogP contribution >= 0.6 is 0 Å². The number of anilines is 1. The summed E-state index contributed by atoms with van der Waals surface area (Å²) >= 11 is 0. The molecule has 4 rings (SSSR count). The minimum absolute atomic E-state index is 0.0971. The van der Waals surface area contributed by atoms with Crippen LogP contribution in [0.25, 0.3) is 6.08 Å². The van der Waals surface area contributed by atoms with Gasteiger partial charge in [-0.05, 0) is 24.3 Å². The van der Waals surface area contributed by atoms with Gasteiger partial charge in [0, 0.05) is 37.6 Å². The Kier molecular flexibility index (Phi) is 4.08. The van der Waals surface area contributed by atoms with E-state index in [2.05, 4.69) is 10.0 Å². The minimum Gasteiger partial charge on any atom is -0.472 e. The van der Waals surface area contributed by atoms with E-state index in [1.807, 2.05) is 0 Å². The standard InChI is InChI=1S/C18H19N3O4S/c22-17(6-5-14-7-12-25-13-14)21-10-8-18(9-11-21)19-15-3-1-2-4-16(15)26(23,24)20-18/h1-7,12-13,19-20H,8-11H2/b6-5+. The Hall–Kier alpha value is -2.58. The summed E-state index contributed by atoms with van der Waals surface area (Å²) in [5, 5.41) is 3.32. The molecule has 26 heavy (non-hydrogen) atoms. The van der Waals surface area contributed by atoms with Crippen LogP contribution in [0.2, 0.25) is 0 Å². The number of nitrogens with one attached hydrogen (secondary N) is 2. The van der Waals surface area contributed by atoms with Gasteiger partial charge in [0.1, 0.15) is 10.6 Å². The van der Waals surface area contributed by atoms with E-state index in [4.69, 9.17) is 4.42 Å². The maximum Gasteiger partial charge on any atom is 0.246 e. The third kappa shape index (κ3) is 3.13. The van der Waals surface area contributed by atoms with Crippen LogP contribution in [0.4, 0.5) is 5.69 Å². The predicted octanol–water partition coefficient (Wildman–Crippen LogP) is 2.02. The zero-order valence-electron chi connectivity index (χ0n) is 14.0. The molecule has 0 aliphatic carbocycles. The van der Waals surface area contributed by atoms with Crippen molar-refractivity contribution in [3.05, 3.63) is 54.5 Å². The van der Waals surface area contributed by atoms with Crippen molar-refractivity contribution in [2.75, 3.05) is 18.4 Å². The van der Waals surface area contributed by atoms with E-state index in [-0.39, 0.29) is 10.8 Å². The molecule has 1 aromatic heterocycles. The second kappa shape index (κ2) is 6.30. The van der Waals surface area contributed by atoms with E-state index in [0.29, 0.717) is 31.6 Å². The van der Waals surface area contributed by atoms with Gasteiger partial charge >= 0.3 is 0 Å². The first kappa shape index (κ1) is 16.9. The second-order valence-corrected chi connectivity index (χ2v) is 8.17. The highest BCUT2D eigenvalue weighted by atomic mass is 32.2. The number of carbonyl (C=O) groups excluding carboxylic acids is 1. The molecule has 136 valence electrons. The Morgan fingerprint density at radius 1 is 1.19 bits per heavy atom. The van der Waals surface area contributed by atoms with E-state index in [1.54, 1.807) is 53.8 Å². The molecular weight excluding hydrogens is 354 g/mol. The van der Waals surface area contributed by atoms with Crippen molar-refractivity contribution in [3.63, 3.8) is 0 Å². The molecule has 0 unspecified atom stereocenters. The number of hydrogen-bond acceptors (Lipinski definition) is 5. The minimum atomic E-state index is -3.57. The van der Waals surface area contributed by atoms with Gasteiger partial charge in [-0.1, -0.05) is 12.1 Å². The third-order valence-corrected chi connectivity index (χ3v) is 6.36. The molecule has 2 aliphatic heterocycles. The molecule has 2 aromatic rings. The molecule has 1 aromatic carbocycles. The fraction of sp³-hybridized carbons (Fsp3) is 0.278. The Labute approximate surface area is 151 Å². The highest BCUT2D eigenvalue weighted by Gasteiger charge is 2.43. The maximum absolute atomic E-state index is 12.5. The molecule has 0 atom stereocenters. The number of piperidine rings is 1. The lowest BCUT2D eigenvalue weighted by Crippen LogP contribution is -2.62. The summed E-state index contributed by atoms with van der Waals surface area (Å²) in [6.45, 7) is 0.929. The van der Waals surface area contributed by atoms with Gasteiger partial charge in [0.15, 0.2) is 0 Å². The Morgan fingerprint density at radius 3 is 2.69 bits per heavy atom.